The summed E-state index contributed by atoms with van der Waals surface area (Å²) < 4.78 is 15.1. The molecule has 0 spiro atoms. The Balaban J connectivity index is 2.95. The summed E-state index contributed by atoms with van der Waals surface area (Å²) >= 11 is 0. The molecule has 0 aliphatic carbocycles. The number of unbranched alkanes of at least 4 members (excludes halogenated alkanes) is 6. The van der Waals surface area contributed by atoms with Crippen molar-refractivity contribution in [1.82, 2.24) is 0 Å². The molecule has 4 nitrogen and oxygen atoms in total. The molecule has 0 saturated heterocycles. The molecule has 0 radical (unpaired) electrons. The van der Waals surface area contributed by atoms with E-state index in [4.69, 9.17) is 0 Å². The number of aldehydes is 1. The molecular formula is C25H40FN3O. The largest absolute Gasteiger partial charge is 0.369 e. The lowest BCUT2D eigenvalue weighted by Crippen LogP contribution is -2.27. The normalized spacial score (nSPS) is 12.2. The highest BCUT2D eigenvalue weighted by Gasteiger charge is 2.14. The number of hydrogen-bond acceptors (Lipinski definition) is 3. The van der Waals surface area contributed by atoms with Crippen LogP contribution < -0.4 is 9.80 Å². The van der Waals surface area contributed by atoms with Crippen LogP contribution in [0.4, 0.5) is 15.8 Å². The second kappa shape index (κ2) is 14.8. The molecule has 0 fully saturated rings. The van der Waals surface area contributed by atoms with Crippen molar-refractivity contribution in [2.45, 2.75) is 79.1 Å². The van der Waals surface area contributed by atoms with E-state index in [0.717, 1.165) is 37.9 Å². The number of amidine groups is 1. The van der Waals surface area contributed by atoms with Crippen LogP contribution in [0.3, 0.4) is 0 Å². The van der Waals surface area contributed by atoms with Gasteiger partial charge in [0.05, 0.1) is 5.69 Å². The molecule has 1 rings (SSSR count). The van der Waals surface area contributed by atoms with E-state index in [-0.39, 0.29) is 5.82 Å². The maximum atomic E-state index is 15.1. The van der Waals surface area contributed by atoms with E-state index in [2.05, 4.69) is 23.7 Å². The quantitative estimate of drug-likeness (QED) is 0.110. The molecule has 0 aliphatic heterocycles. The Kier molecular flexibility index (Phi) is 12.7. The van der Waals surface area contributed by atoms with Crippen LogP contribution in [0, 0.1) is 5.82 Å². The zero-order valence-electron chi connectivity index (χ0n) is 19.6. The fourth-order valence-corrected chi connectivity index (χ4v) is 3.43. The third-order valence-corrected chi connectivity index (χ3v) is 5.36. The summed E-state index contributed by atoms with van der Waals surface area (Å²) in [5, 5.41) is 0. The average Bonchev–Trinajstić information content (AvgIpc) is 2.72. The van der Waals surface area contributed by atoms with Crippen LogP contribution in [0.1, 0.15) is 79.1 Å². The first kappa shape index (κ1) is 25.9. The minimum Gasteiger partial charge on any atom is -0.369 e. The predicted molar refractivity (Wildman–Crippen MR) is 128 cm³/mol. The van der Waals surface area contributed by atoms with Crippen molar-refractivity contribution in [3.63, 3.8) is 0 Å². The lowest BCUT2D eigenvalue weighted by atomic mass is 10.1. The summed E-state index contributed by atoms with van der Waals surface area (Å²) in [4.78, 5) is 19.0. The molecule has 0 heterocycles. The first-order valence-electron chi connectivity index (χ1n) is 11.4. The molecular weight excluding hydrogens is 377 g/mol. The molecule has 5 heteroatoms. The van der Waals surface area contributed by atoms with Crippen LogP contribution in [0.2, 0.25) is 0 Å². The third kappa shape index (κ3) is 9.10. The van der Waals surface area contributed by atoms with Gasteiger partial charge in [0.15, 0.2) is 0 Å². The number of nitrogens with zero attached hydrogens (tertiary/aromatic N) is 3. The molecule has 0 saturated carbocycles. The van der Waals surface area contributed by atoms with E-state index in [1.54, 1.807) is 13.0 Å². The topological polar surface area (TPSA) is 35.9 Å². The highest BCUT2D eigenvalue weighted by atomic mass is 19.1. The minimum absolute atomic E-state index is 0.196. The zero-order valence-corrected chi connectivity index (χ0v) is 19.6. The maximum Gasteiger partial charge on any atom is 0.148 e. The van der Waals surface area contributed by atoms with Crippen molar-refractivity contribution in [2.75, 3.05) is 29.9 Å². The number of allylic oxidation sites excluding steroid dienone is 2. The number of benzene rings is 1. The number of carbonyl (C=O) groups excluding carboxylic acids is 1. The minimum atomic E-state index is -0.196. The Labute approximate surface area is 182 Å². The number of aliphatic imine (C=N–C) groups is 1. The van der Waals surface area contributed by atoms with Gasteiger partial charge in [-0.15, -0.1) is 0 Å². The van der Waals surface area contributed by atoms with Crippen molar-refractivity contribution in [3.05, 3.63) is 35.8 Å². The lowest BCUT2D eigenvalue weighted by Gasteiger charge is -2.27. The van der Waals surface area contributed by atoms with Crippen LogP contribution in [0.5, 0.6) is 0 Å². The van der Waals surface area contributed by atoms with E-state index < -0.39 is 0 Å². The van der Waals surface area contributed by atoms with Gasteiger partial charge in [0.1, 0.15) is 17.9 Å². The number of halogens is 1. The molecule has 30 heavy (non-hydrogen) atoms. The van der Waals surface area contributed by atoms with Gasteiger partial charge >= 0.3 is 0 Å². The van der Waals surface area contributed by atoms with Gasteiger partial charge in [-0.1, -0.05) is 52.4 Å². The monoisotopic (exact) mass is 417 g/mol. The van der Waals surface area contributed by atoms with Crippen molar-refractivity contribution in [1.29, 1.82) is 0 Å². The molecule has 0 aromatic heterocycles. The first-order chi connectivity index (χ1) is 14.4. The van der Waals surface area contributed by atoms with Gasteiger partial charge in [0.2, 0.25) is 0 Å². The van der Waals surface area contributed by atoms with Crippen LogP contribution in [0.15, 0.2) is 35.0 Å². The first-order valence-corrected chi connectivity index (χ1v) is 11.4. The predicted octanol–water partition coefficient (Wildman–Crippen LogP) is 6.75. The fourth-order valence-electron chi connectivity index (χ4n) is 3.43. The van der Waals surface area contributed by atoms with E-state index in [1.807, 2.05) is 31.0 Å². The number of anilines is 2. The smallest absolute Gasteiger partial charge is 0.148 e. The Hall–Kier alpha value is -2.17. The summed E-state index contributed by atoms with van der Waals surface area (Å²) in [6.45, 7) is 9.83. The zero-order chi connectivity index (χ0) is 22.4. The highest BCUT2D eigenvalue weighted by molar-refractivity contribution is 5.96. The summed E-state index contributed by atoms with van der Waals surface area (Å²) in [6, 6.07) is 5.42. The van der Waals surface area contributed by atoms with Crippen molar-refractivity contribution in [2.24, 2.45) is 4.99 Å². The SMILES string of the molecule is CCCCCCN(CCCCCC)c1ccc(N(C)/C(C)=N\C(C)=C/C=O)cc1F. The van der Waals surface area contributed by atoms with Gasteiger partial charge < -0.3 is 9.80 Å². The van der Waals surface area contributed by atoms with Gasteiger partial charge in [-0.25, -0.2) is 9.38 Å². The average molecular weight is 418 g/mol. The summed E-state index contributed by atoms with van der Waals surface area (Å²) in [5.41, 5.74) is 2.05. The van der Waals surface area contributed by atoms with Crippen LogP contribution in [-0.2, 0) is 4.79 Å². The second-order valence-electron chi connectivity index (χ2n) is 7.91. The maximum absolute atomic E-state index is 15.1. The summed E-state index contributed by atoms with van der Waals surface area (Å²) in [7, 11) is 1.86. The summed E-state index contributed by atoms with van der Waals surface area (Å²) in [6.07, 6.45) is 11.6. The van der Waals surface area contributed by atoms with Gasteiger partial charge in [-0.2, -0.15) is 0 Å². The molecule has 0 unspecified atom stereocenters. The van der Waals surface area contributed by atoms with Crippen molar-refractivity contribution in [3.8, 4) is 0 Å². The molecule has 0 amide bonds. The molecule has 168 valence electrons. The molecule has 0 N–H and O–H groups in total. The number of hydrogen-bond donors (Lipinski definition) is 0. The van der Waals surface area contributed by atoms with Crippen LogP contribution in [0.25, 0.3) is 0 Å². The van der Waals surface area contributed by atoms with E-state index >= 15 is 4.39 Å². The van der Waals surface area contributed by atoms with Crippen molar-refractivity contribution >= 4 is 23.5 Å². The summed E-state index contributed by atoms with van der Waals surface area (Å²) in [5.74, 6) is 0.507. The Morgan fingerprint density at radius 1 is 1.00 bits per heavy atom. The van der Waals surface area contributed by atoms with Crippen LogP contribution in [-0.4, -0.2) is 32.3 Å². The Morgan fingerprint density at radius 3 is 2.10 bits per heavy atom. The second-order valence-corrected chi connectivity index (χ2v) is 7.91. The van der Waals surface area contributed by atoms with Crippen LogP contribution >= 0.6 is 0 Å². The van der Waals surface area contributed by atoms with Gasteiger partial charge in [0.25, 0.3) is 0 Å². The number of rotatable bonds is 14. The van der Waals surface area contributed by atoms with E-state index in [1.165, 1.54) is 44.6 Å². The number of carbonyl (C=O) groups is 1. The molecule has 0 bridgehead atoms. The van der Waals surface area contributed by atoms with Crippen molar-refractivity contribution < 1.29 is 9.18 Å². The van der Waals surface area contributed by atoms with Gasteiger partial charge in [-0.05, 0) is 51.0 Å². The molecule has 0 atom stereocenters. The van der Waals surface area contributed by atoms with E-state index in [0.29, 0.717) is 17.2 Å². The van der Waals surface area contributed by atoms with Gasteiger partial charge in [-0.3, -0.25) is 4.79 Å². The lowest BCUT2D eigenvalue weighted by molar-refractivity contribution is -0.104. The standard InChI is InChI=1S/C25H40FN3O/c1-6-8-10-12-17-29(18-13-11-9-7-2)25-15-14-23(20-24(25)26)28(5)22(4)27-21(3)16-19-30/h14-16,19-20H,6-13,17-18H2,1-5H3/b21-16-,27-22-. The highest BCUT2D eigenvalue weighted by Crippen LogP contribution is 2.26. The molecule has 1 aromatic carbocycles. The third-order valence-electron chi connectivity index (χ3n) is 5.36. The Bertz CT molecular complexity index is 688. The van der Waals surface area contributed by atoms with E-state index in [9.17, 15) is 4.79 Å². The molecule has 1 aromatic rings. The van der Waals surface area contributed by atoms with Gasteiger partial charge in [0, 0.05) is 31.5 Å². The molecule has 0 aliphatic rings. The fraction of sp³-hybridized carbons (Fsp3) is 0.600. The Morgan fingerprint density at radius 2 is 1.60 bits per heavy atom.